The van der Waals surface area contributed by atoms with E-state index >= 15 is 0 Å². The van der Waals surface area contributed by atoms with Crippen LogP contribution in [0.25, 0.3) is 0 Å². The van der Waals surface area contributed by atoms with E-state index < -0.39 is 0 Å². The molecule has 0 spiro atoms. The van der Waals surface area contributed by atoms with Crippen LogP contribution in [0.3, 0.4) is 0 Å². The molecule has 1 aromatic rings. The highest BCUT2D eigenvalue weighted by atomic mass is 16.1. The van der Waals surface area contributed by atoms with E-state index in [9.17, 15) is 4.79 Å². The number of hydrogen-bond donors (Lipinski definition) is 1. The largest absolute Gasteiger partial charge is 0.341 e. The molecule has 6 nitrogen and oxygen atoms in total. The molecule has 1 atom stereocenters. The normalized spacial score (nSPS) is 21.9. The maximum Gasteiger partial charge on any atom is 0.229 e. The average molecular weight is 440 g/mol. The standard InChI is InChI=1S/C27H29N5O/c1-19-16-25(21-8-4-13-28-14-12-21)30-27(31(19)2)32-15-5-9-23(18-32)26(33)29-24-11-10-20-6-3-7-22(20)17-24/h4,10-14,16-17,23H,1,3,5-7,9,15,18H2,2H3,(H,29,33). The van der Waals surface area contributed by atoms with E-state index in [1.165, 1.54) is 17.5 Å². The number of aliphatic imine (C=N–C) groups is 2. The van der Waals surface area contributed by atoms with Gasteiger partial charge in [0.15, 0.2) is 0 Å². The lowest BCUT2D eigenvalue weighted by Gasteiger charge is -2.39. The van der Waals surface area contributed by atoms with E-state index in [1.807, 2.05) is 30.2 Å². The Hall–Kier alpha value is -3.63. The van der Waals surface area contributed by atoms with Crippen molar-refractivity contribution in [3.05, 3.63) is 83.0 Å². The molecule has 0 saturated carbocycles. The number of nitrogens with zero attached hydrogens (tertiary/aromatic N) is 4. The molecule has 1 amide bonds. The lowest BCUT2D eigenvalue weighted by Crippen LogP contribution is -2.49. The van der Waals surface area contributed by atoms with Gasteiger partial charge in [-0.1, -0.05) is 12.6 Å². The van der Waals surface area contributed by atoms with E-state index in [-0.39, 0.29) is 11.8 Å². The summed E-state index contributed by atoms with van der Waals surface area (Å²) in [5.41, 5.74) is 9.43. The topological polar surface area (TPSA) is 60.3 Å². The molecule has 0 aromatic heterocycles. The van der Waals surface area contributed by atoms with Crippen LogP contribution in [0.2, 0.25) is 0 Å². The van der Waals surface area contributed by atoms with Crippen molar-refractivity contribution in [2.75, 3.05) is 25.5 Å². The lowest BCUT2D eigenvalue weighted by molar-refractivity contribution is -0.121. The molecule has 1 saturated heterocycles. The van der Waals surface area contributed by atoms with Gasteiger partial charge in [0, 0.05) is 49.5 Å². The first-order valence-electron chi connectivity index (χ1n) is 11.6. The number of piperidine rings is 1. The lowest BCUT2D eigenvalue weighted by atomic mass is 9.97. The van der Waals surface area contributed by atoms with Crippen LogP contribution in [-0.2, 0) is 17.6 Å². The number of anilines is 1. The number of carbonyl (C=O) groups is 1. The van der Waals surface area contributed by atoms with Gasteiger partial charge in [0.05, 0.1) is 11.6 Å². The van der Waals surface area contributed by atoms with Gasteiger partial charge in [0.2, 0.25) is 11.9 Å². The van der Waals surface area contributed by atoms with Gasteiger partial charge in [0.1, 0.15) is 0 Å². The van der Waals surface area contributed by atoms with Crippen molar-refractivity contribution >= 4 is 23.8 Å². The highest BCUT2D eigenvalue weighted by Gasteiger charge is 2.31. The van der Waals surface area contributed by atoms with Gasteiger partial charge in [-0.05, 0) is 73.6 Å². The molecule has 0 radical (unpaired) electrons. The summed E-state index contributed by atoms with van der Waals surface area (Å²) < 4.78 is 0. The molecule has 3 heterocycles. The number of guanidine groups is 1. The van der Waals surface area contributed by atoms with Crippen LogP contribution in [-0.4, -0.2) is 48.0 Å². The monoisotopic (exact) mass is 439 g/mol. The van der Waals surface area contributed by atoms with Gasteiger partial charge in [-0.15, -0.1) is 5.73 Å². The molecule has 33 heavy (non-hydrogen) atoms. The molecule has 1 aromatic carbocycles. The quantitative estimate of drug-likeness (QED) is 0.718. The first-order valence-corrected chi connectivity index (χ1v) is 11.6. The number of benzene rings is 1. The zero-order valence-electron chi connectivity index (χ0n) is 19.1. The van der Waals surface area contributed by atoms with Crippen molar-refractivity contribution < 1.29 is 4.79 Å². The van der Waals surface area contributed by atoms with Crippen molar-refractivity contribution in [3.63, 3.8) is 0 Å². The molecular weight excluding hydrogens is 410 g/mol. The molecule has 1 fully saturated rings. The highest BCUT2D eigenvalue weighted by molar-refractivity contribution is 5.94. The zero-order valence-corrected chi connectivity index (χ0v) is 19.1. The first-order chi connectivity index (χ1) is 16.1. The fourth-order valence-electron chi connectivity index (χ4n) is 4.83. The SMILES string of the molecule is C=C1C=C(C2=C=CC=NC=C2)N=C(N2CCCC(C(=O)Nc3ccc4c(c3)CCC4)C2)N1C. The Balaban J connectivity index is 1.32. The van der Waals surface area contributed by atoms with Crippen molar-refractivity contribution in [1.82, 2.24) is 9.80 Å². The van der Waals surface area contributed by atoms with Gasteiger partial charge < -0.3 is 15.1 Å². The van der Waals surface area contributed by atoms with E-state index in [1.54, 1.807) is 18.5 Å². The third-order valence-electron chi connectivity index (χ3n) is 6.70. The van der Waals surface area contributed by atoms with Gasteiger partial charge in [-0.2, -0.15) is 0 Å². The highest BCUT2D eigenvalue weighted by Crippen LogP contribution is 2.28. The number of aryl methyl sites for hydroxylation is 2. The van der Waals surface area contributed by atoms with E-state index in [0.29, 0.717) is 6.54 Å². The summed E-state index contributed by atoms with van der Waals surface area (Å²) in [7, 11) is 1.97. The van der Waals surface area contributed by atoms with E-state index in [0.717, 1.165) is 60.8 Å². The van der Waals surface area contributed by atoms with E-state index in [2.05, 4.69) is 39.7 Å². The molecule has 4 aliphatic rings. The molecular formula is C27H29N5O. The van der Waals surface area contributed by atoms with Gasteiger partial charge in [0.25, 0.3) is 0 Å². The number of hydrogen-bond acceptors (Lipinski definition) is 5. The summed E-state index contributed by atoms with van der Waals surface area (Å²) >= 11 is 0. The van der Waals surface area contributed by atoms with Crippen LogP contribution >= 0.6 is 0 Å². The predicted octanol–water partition coefficient (Wildman–Crippen LogP) is 4.20. The minimum atomic E-state index is -0.0870. The third-order valence-corrected chi connectivity index (χ3v) is 6.70. The molecule has 3 aliphatic heterocycles. The fourth-order valence-corrected chi connectivity index (χ4v) is 4.83. The van der Waals surface area contributed by atoms with Gasteiger partial charge >= 0.3 is 0 Å². The molecule has 1 aliphatic carbocycles. The summed E-state index contributed by atoms with van der Waals surface area (Å²) in [6, 6.07) is 6.34. The maximum absolute atomic E-state index is 13.1. The van der Waals surface area contributed by atoms with Crippen LogP contribution < -0.4 is 5.32 Å². The molecule has 168 valence electrons. The summed E-state index contributed by atoms with van der Waals surface area (Å²) in [6.45, 7) is 5.70. The summed E-state index contributed by atoms with van der Waals surface area (Å²) in [4.78, 5) is 26.4. The number of fused-ring (bicyclic) bond motifs is 1. The average Bonchev–Trinajstić information content (AvgIpc) is 3.12. The summed E-state index contributed by atoms with van der Waals surface area (Å²) in [5.74, 6) is 0.817. The van der Waals surface area contributed by atoms with Crippen molar-refractivity contribution in [2.45, 2.75) is 32.1 Å². The van der Waals surface area contributed by atoms with Crippen LogP contribution in [0, 0.1) is 5.92 Å². The van der Waals surface area contributed by atoms with Crippen LogP contribution in [0.5, 0.6) is 0 Å². The number of amides is 1. The van der Waals surface area contributed by atoms with Crippen LogP contribution in [0.4, 0.5) is 5.69 Å². The van der Waals surface area contributed by atoms with Crippen molar-refractivity contribution in [3.8, 4) is 0 Å². The van der Waals surface area contributed by atoms with Crippen molar-refractivity contribution in [1.29, 1.82) is 0 Å². The summed E-state index contributed by atoms with van der Waals surface area (Å²) in [6.07, 6.45) is 14.4. The number of nitrogens with one attached hydrogen (secondary N) is 1. The fraction of sp³-hybridized carbons (Fsp3) is 0.333. The second kappa shape index (κ2) is 9.08. The molecule has 1 unspecified atom stereocenters. The number of allylic oxidation sites excluding steroid dienone is 2. The first kappa shape index (κ1) is 21.2. The van der Waals surface area contributed by atoms with Crippen LogP contribution in [0.1, 0.15) is 30.4 Å². The second-order valence-electron chi connectivity index (χ2n) is 8.94. The molecule has 1 N–H and O–H groups in total. The smallest absolute Gasteiger partial charge is 0.229 e. The Morgan fingerprint density at radius 2 is 2.12 bits per heavy atom. The maximum atomic E-state index is 13.1. The Labute approximate surface area is 195 Å². The Morgan fingerprint density at radius 3 is 3.03 bits per heavy atom. The second-order valence-corrected chi connectivity index (χ2v) is 8.94. The van der Waals surface area contributed by atoms with E-state index in [4.69, 9.17) is 4.99 Å². The predicted molar refractivity (Wildman–Crippen MR) is 133 cm³/mol. The molecule has 0 bridgehead atoms. The molecule has 6 heteroatoms. The van der Waals surface area contributed by atoms with Crippen molar-refractivity contribution in [2.24, 2.45) is 15.9 Å². The van der Waals surface area contributed by atoms with Gasteiger partial charge in [-0.25, -0.2) is 4.99 Å². The van der Waals surface area contributed by atoms with Gasteiger partial charge in [-0.3, -0.25) is 9.79 Å². The summed E-state index contributed by atoms with van der Waals surface area (Å²) in [5, 5.41) is 3.16. The Bertz CT molecular complexity index is 1180. The third kappa shape index (κ3) is 4.48. The number of likely N-dealkylation sites (tertiary alicyclic amines) is 1. The zero-order chi connectivity index (χ0) is 22.8. The number of carbonyl (C=O) groups excluding carboxylic acids is 1. The minimum absolute atomic E-state index is 0.0841. The minimum Gasteiger partial charge on any atom is -0.341 e. The van der Waals surface area contributed by atoms with Crippen LogP contribution in [0.15, 0.2) is 81.9 Å². The Morgan fingerprint density at radius 1 is 1.24 bits per heavy atom. The number of rotatable bonds is 3. The Kier molecular flexibility index (Phi) is 5.84. The molecule has 5 rings (SSSR count). The number of likely N-dealkylation sites (N-methyl/N-ethyl adjacent to an activating group) is 1.